The molecule has 9 rings (SSSR count). The molecule has 0 aliphatic heterocycles. The van der Waals surface area contributed by atoms with Gasteiger partial charge in [0.15, 0.2) is 0 Å². The molecule has 8 fully saturated rings. The van der Waals surface area contributed by atoms with Crippen LogP contribution in [0.1, 0.15) is 101 Å². The molecular weight excluding hydrogens is 428 g/mol. The second-order valence-corrected chi connectivity index (χ2v) is 13.4. The van der Waals surface area contributed by atoms with Gasteiger partial charge in [-0.3, -0.25) is 19.6 Å². The molecule has 1 aromatic rings. The van der Waals surface area contributed by atoms with E-state index in [-0.39, 0.29) is 34.3 Å². The fourth-order valence-electron chi connectivity index (χ4n) is 10.8. The molecule has 0 aromatic carbocycles. The van der Waals surface area contributed by atoms with Crippen LogP contribution in [-0.4, -0.2) is 26.7 Å². The third-order valence-corrected chi connectivity index (χ3v) is 11.1. The number of nitrogens with one attached hydrogen (secondary N) is 1. The maximum Gasteiger partial charge on any atom is 0.320 e. The Bertz CT molecular complexity index is 958. The SMILES string of the molecule is CCC(NC(=O)c1nn(C23CC4CC(CC(C4)C2)C3)cc1[N+](=O)[O-])C12CC3CC(CC(C3)C1)C2. The van der Waals surface area contributed by atoms with Crippen LogP contribution >= 0.6 is 0 Å². The molecule has 7 heteroatoms. The van der Waals surface area contributed by atoms with E-state index in [4.69, 9.17) is 5.10 Å². The van der Waals surface area contributed by atoms with Crippen LogP contribution in [0.2, 0.25) is 0 Å². The topological polar surface area (TPSA) is 90.1 Å². The number of nitrogens with zero attached hydrogens (tertiary/aromatic N) is 3. The van der Waals surface area contributed by atoms with Crippen molar-refractivity contribution in [1.82, 2.24) is 15.1 Å². The highest BCUT2D eigenvalue weighted by Gasteiger charge is 2.55. The molecule has 8 aliphatic carbocycles. The molecule has 184 valence electrons. The van der Waals surface area contributed by atoms with E-state index in [9.17, 15) is 14.9 Å². The van der Waals surface area contributed by atoms with E-state index < -0.39 is 4.92 Å². The van der Waals surface area contributed by atoms with Crippen molar-refractivity contribution in [3.8, 4) is 0 Å². The number of nitro groups is 1. The van der Waals surface area contributed by atoms with E-state index in [2.05, 4.69) is 12.2 Å². The van der Waals surface area contributed by atoms with E-state index in [1.165, 1.54) is 57.8 Å². The first kappa shape index (κ1) is 21.4. The molecule has 0 saturated heterocycles. The predicted octanol–water partition coefficient (Wildman–Crippen LogP) is 5.44. The minimum absolute atomic E-state index is 0.0314. The Labute approximate surface area is 201 Å². The van der Waals surface area contributed by atoms with Gasteiger partial charge >= 0.3 is 5.69 Å². The number of amides is 1. The zero-order chi connectivity index (χ0) is 23.2. The van der Waals surface area contributed by atoms with Crippen LogP contribution in [-0.2, 0) is 5.54 Å². The summed E-state index contributed by atoms with van der Waals surface area (Å²) in [7, 11) is 0. The number of carbonyl (C=O) groups is 1. The molecular formula is C27H38N4O3. The van der Waals surface area contributed by atoms with Crippen molar-refractivity contribution in [2.24, 2.45) is 40.9 Å². The fourth-order valence-corrected chi connectivity index (χ4v) is 10.8. The van der Waals surface area contributed by atoms with E-state index in [0.717, 1.165) is 43.4 Å². The standard InChI is InChI=1S/C27H38N4O3/c1-2-23(26-9-16-3-17(10-26)5-18(4-16)11-26)28-25(32)24-22(31(33)34)15-30(29-24)27-12-19-6-20(13-27)8-21(7-19)14-27/h15-21,23H,2-14H2,1H3,(H,28,32). The smallest absolute Gasteiger partial charge is 0.320 e. The summed E-state index contributed by atoms with van der Waals surface area (Å²) in [5, 5.41) is 20.0. The lowest BCUT2D eigenvalue weighted by Crippen LogP contribution is -2.56. The van der Waals surface area contributed by atoms with Crippen molar-refractivity contribution in [2.45, 2.75) is 102 Å². The summed E-state index contributed by atoms with van der Waals surface area (Å²) in [5.74, 6) is 4.23. The second kappa shape index (κ2) is 7.30. The molecule has 1 amide bonds. The molecule has 1 atom stereocenters. The molecule has 1 heterocycles. The third kappa shape index (κ3) is 3.13. The number of rotatable bonds is 6. The zero-order valence-electron chi connectivity index (χ0n) is 20.4. The van der Waals surface area contributed by atoms with Crippen LogP contribution in [0.25, 0.3) is 0 Å². The maximum atomic E-state index is 13.6. The zero-order valence-corrected chi connectivity index (χ0v) is 20.4. The van der Waals surface area contributed by atoms with E-state index in [1.54, 1.807) is 6.20 Å². The summed E-state index contributed by atoms with van der Waals surface area (Å²) in [6.07, 6.45) is 17.3. The normalized spacial score (nSPS) is 44.4. The van der Waals surface area contributed by atoms with Crippen LogP contribution in [0.5, 0.6) is 0 Å². The van der Waals surface area contributed by atoms with Crippen molar-refractivity contribution in [3.05, 3.63) is 22.0 Å². The lowest BCUT2D eigenvalue weighted by molar-refractivity contribution is -0.385. The minimum atomic E-state index is -0.398. The second-order valence-electron chi connectivity index (χ2n) is 13.4. The fraction of sp³-hybridized carbons (Fsp3) is 0.852. The van der Waals surface area contributed by atoms with Gasteiger partial charge in [-0.1, -0.05) is 6.92 Å². The van der Waals surface area contributed by atoms with Crippen LogP contribution in [0.15, 0.2) is 6.20 Å². The first-order valence-electron chi connectivity index (χ1n) is 13.9. The summed E-state index contributed by atoms with van der Waals surface area (Å²) < 4.78 is 1.87. The first-order chi connectivity index (χ1) is 16.3. The Morgan fingerprint density at radius 2 is 1.47 bits per heavy atom. The maximum absolute atomic E-state index is 13.6. The van der Waals surface area contributed by atoms with E-state index in [0.29, 0.717) is 17.8 Å². The lowest BCUT2D eigenvalue weighted by atomic mass is 9.47. The van der Waals surface area contributed by atoms with E-state index in [1.807, 2.05) is 4.68 Å². The summed E-state index contributed by atoms with van der Waals surface area (Å²) in [4.78, 5) is 25.2. The molecule has 8 aliphatic rings. The van der Waals surface area contributed by atoms with E-state index >= 15 is 0 Å². The molecule has 0 spiro atoms. The molecule has 7 nitrogen and oxygen atoms in total. The van der Waals surface area contributed by atoms with Gasteiger partial charge in [0.25, 0.3) is 5.91 Å². The summed E-state index contributed by atoms with van der Waals surface area (Å²) in [6, 6.07) is 0.0812. The van der Waals surface area contributed by atoms with Crippen LogP contribution in [0.4, 0.5) is 5.69 Å². The Kier molecular flexibility index (Phi) is 4.59. The van der Waals surface area contributed by atoms with Crippen molar-refractivity contribution >= 4 is 11.6 Å². The summed E-state index contributed by atoms with van der Waals surface area (Å²) in [5.41, 5.74) is -0.0315. The van der Waals surface area contributed by atoms with Gasteiger partial charge < -0.3 is 5.32 Å². The average molecular weight is 467 g/mol. The monoisotopic (exact) mass is 466 g/mol. The van der Waals surface area contributed by atoms with Crippen molar-refractivity contribution in [1.29, 1.82) is 0 Å². The van der Waals surface area contributed by atoms with Gasteiger partial charge in [0, 0.05) is 6.04 Å². The van der Waals surface area contributed by atoms with Gasteiger partial charge in [-0.15, -0.1) is 0 Å². The quantitative estimate of drug-likeness (QED) is 0.446. The molecule has 8 bridgehead atoms. The van der Waals surface area contributed by atoms with Crippen LogP contribution < -0.4 is 5.32 Å². The van der Waals surface area contributed by atoms with Gasteiger partial charge in [-0.2, -0.15) is 5.10 Å². The van der Waals surface area contributed by atoms with Gasteiger partial charge in [-0.05, 0) is 124 Å². The van der Waals surface area contributed by atoms with Crippen molar-refractivity contribution in [3.63, 3.8) is 0 Å². The van der Waals surface area contributed by atoms with Crippen LogP contribution in [0.3, 0.4) is 0 Å². The molecule has 34 heavy (non-hydrogen) atoms. The molecule has 1 aromatic heterocycles. The van der Waals surface area contributed by atoms with Gasteiger partial charge in [0.1, 0.15) is 6.20 Å². The van der Waals surface area contributed by atoms with Gasteiger partial charge in [-0.25, -0.2) is 0 Å². The Balaban J connectivity index is 1.17. The number of hydrogen-bond donors (Lipinski definition) is 1. The lowest BCUT2D eigenvalue weighted by Gasteiger charge is -2.59. The Morgan fingerprint density at radius 3 is 1.91 bits per heavy atom. The number of aromatic nitrogens is 2. The predicted molar refractivity (Wildman–Crippen MR) is 127 cm³/mol. The van der Waals surface area contributed by atoms with Gasteiger partial charge in [0.05, 0.1) is 10.5 Å². The highest BCUT2D eigenvalue weighted by atomic mass is 16.6. The molecule has 0 radical (unpaired) electrons. The Morgan fingerprint density at radius 1 is 1.00 bits per heavy atom. The third-order valence-electron chi connectivity index (χ3n) is 11.1. The molecule has 1 unspecified atom stereocenters. The summed E-state index contributed by atoms with van der Waals surface area (Å²) in [6.45, 7) is 2.16. The largest absolute Gasteiger partial charge is 0.347 e. The Hall–Kier alpha value is -1.92. The summed E-state index contributed by atoms with van der Waals surface area (Å²) >= 11 is 0. The van der Waals surface area contributed by atoms with Crippen molar-refractivity contribution < 1.29 is 9.72 Å². The highest BCUT2D eigenvalue weighted by Crippen LogP contribution is 2.62. The number of carbonyl (C=O) groups excluding carboxylic acids is 1. The van der Waals surface area contributed by atoms with Crippen molar-refractivity contribution in [2.75, 3.05) is 0 Å². The number of hydrogen-bond acceptors (Lipinski definition) is 4. The molecule has 8 saturated carbocycles. The van der Waals surface area contributed by atoms with Crippen LogP contribution in [0, 0.1) is 51.0 Å². The first-order valence-corrected chi connectivity index (χ1v) is 13.9. The highest BCUT2D eigenvalue weighted by molar-refractivity contribution is 5.96. The molecule has 1 N–H and O–H groups in total. The minimum Gasteiger partial charge on any atom is -0.347 e. The van der Waals surface area contributed by atoms with Gasteiger partial charge in [0.2, 0.25) is 5.69 Å². The average Bonchev–Trinajstić information content (AvgIpc) is 3.22.